The van der Waals surface area contributed by atoms with E-state index in [1.165, 1.54) is 13.2 Å². The third kappa shape index (κ3) is 6.29. The summed E-state index contributed by atoms with van der Waals surface area (Å²) in [7, 11) is 1.53. The van der Waals surface area contributed by atoms with Crippen molar-refractivity contribution >= 4 is 40.8 Å². The van der Waals surface area contributed by atoms with Gasteiger partial charge in [0.2, 0.25) is 0 Å². The van der Waals surface area contributed by atoms with Crippen molar-refractivity contribution in [3.63, 3.8) is 0 Å². The number of anilines is 2. The minimum Gasteiger partial charge on any atom is -0.457 e. The van der Waals surface area contributed by atoms with Crippen molar-refractivity contribution < 1.29 is 23.9 Å². The van der Waals surface area contributed by atoms with E-state index in [0.717, 1.165) is 5.56 Å². The van der Waals surface area contributed by atoms with Crippen LogP contribution in [0.5, 0.6) is 11.5 Å². The van der Waals surface area contributed by atoms with Crippen LogP contribution in [0, 0.1) is 0 Å². The number of aromatic nitrogens is 1. The minimum atomic E-state index is -0.403. The maximum atomic E-state index is 12.3. The fraction of sp³-hybridized carbons (Fsp3) is 0.200. The molecule has 0 saturated carbocycles. The number of carbonyl (C=O) groups is 3. The van der Waals surface area contributed by atoms with Crippen LogP contribution in [0.25, 0.3) is 0 Å². The summed E-state index contributed by atoms with van der Waals surface area (Å²) in [4.78, 5) is 41.7. The van der Waals surface area contributed by atoms with Crippen LogP contribution in [-0.4, -0.2) is 49.6 Å². The molecule has 11 heteroatoms. The number of benzene rings is 2. The van der Waals surface area contributed by atoms with Gasteiger partial charge in [-0.15, -0.1) is 0 Å². The largest absolute Gasteiger partial charge is 0.457 e. The number of hydrogen-bond acceptors (Lipinski definition) is 6. The summed E-state index contributed by atoms with van der Waals surface area (Å²) in [6.07, 6.45) is 1.50. The lowest BCUT2D eigenvalue weighted by molar-refractivity contribution is -0.125. The topological polar surface area (TPSA) is 122 Å². The number of hydrogen-bond donors (Lipinski definition) is 3. The second kappa shape index (κ2) is 11.5. The molecule has 0 atom stereocenters. The third-order valence-electron chi connectivity index (χ3n) is 5.29. The molecule has 1 aromatic heterocycles. The molecule has 36 heavy (non-hydrogen) atoms. The molecule has 3 N–H and O–H groups in total. The molecule has 2 aromatic carbocycles. The first-order valence-electron chi connectivity index (χ1n) is 11.1. The lowest BCUT2D eigenvalue weighted by Gasteiger charge is -2.27. The molecule has 1 aliphatic heterocycles. The van der Waals surface area contributed by atoms with Gasteiger partial charge < -0.3 is 30.3 Å². The number of morpholine rings is 1. The van der Waals surface area contributed by atoms with E-state index in [-0.39, 0.29) is 30.7 Å². The highest BCUT2D eigenvalue weighted by Crippen LogP contribution is 2.30. The maximum Gasteiger partial charge on any atom is 0.319 e. The molecule has 4 amide bonds. The molecule has 0 bridgehead atoms. The number of amides is 4. The number of nitrogens with zero attached hydrogens (tertiary/aromatic N) is 2. The summed E-state index contributed by atoms with van der Waals surface area (Å²) in [5.41, 5.74) is 2.19. The van der Waals surface area contributed by atoms with Crippen molar-refractivity contribution in [1.29, 1.82) is 0 Å². The average molecular weight is 510 g/mol. The number of ether oxygens (including phenoxy) is 2. The van der Waals surface area contributed by atoms with E-state index in [1.54, 1.807) is 47.4 Å². The highest BCUT2D eigenvalue weighted by atomic mass is 35.5. The molecule has 10 nitrogen and oxygen atoms in total. The zero-order chi connectivity index (χ0) is 25.5. The standard InChI is InChI=1S/C25H24ClN5O5/c1-27-24(33)21-13-19(8-9-28-21)36-18-5-2-16(3-6-18)14-29-25(34)30-17-4-7-22(20(26)12-17)31-10-11-35-15-23(31)32/h2-9,12-13H,10-11,14-15H2,1H3,(H,27,33)(H2,29,30,34). The van der Waals surface area contributed by atoms with Crippen LogP contribution in [0.2, 0.25) is 5.02 Å². The normalized spacial score (nSPS) is 13.2. The van der Waals surface area contributed by atoms with Gasteiger partial charge in [-0.1, -0.05) is 23.7 Å². The van der Waals surface area contributed by atoms with Crippen molar-refractivity contribution in [2.24, 2.45) is 0 Å². The molecule has 0 radical (unpaired) electrons. The quantitative estimate of drug-likeness (QED) is 0.447. The summed E-state index contributed by atoms with van der Waals surface area (Å²) in [6, 6.07) is 15.0. The first kappa shape index (κ1) is 25.0. The highest BCUT2D eigenvalue weighted by Gasteiger charge is 2.22. The Labute approximate surface area is 212 Å². The maximum absolute atomic E-state index is 12.3. The number of urea groups is 1. The number of rotatable bonds is 7. The Balaban J connectivity index is 1.29. The molecule has 1 fully saturated rings. The van der Waals surface area contributed by atoms with E-state index in [9.17, 15) is 14.4 Å². The van der Waals surface area contributed by atoms with Gasteiger partial charge in [0.05, 0.1) is 17.3 Å². The van der Waals surface area contributed by atoms with Crippen LogP contribution in [0.3, 0.4) is 0 Å². The van der Waals surface area contributed by atoms with Crippen LogP contribution >= 0.6 is 11.6 Å². The molecule has 3 aromatic rings. The van der Waals surface area contributed by atoms with Crippen molar-refractivity contribution in [3.8, 4) is 11.5 Å². The van der Waals surface area contributed by atoms with E-state index >= 15 is 0 Å². The first-order chi connectivity index (χ1) is 17.4. The Hall–Kier alpha value is -4.15. The first-order valence-corrected chi connectivity index (χ1v) is 11.5. The SMILES string of the molecule is CNC(=O)c1cc(Oc2ccc(CNC(=O)Nc3ccc(N4CCOCC4=O)c(Cl)c3)cc2)ccn1. The molecule has 1 saturated heterocycles. The van der Waals surface area contributed by atoms with Crippen molar-refractivity contribution in [3.05, 3.63) is 77.1 Å². The van der Waals surface area contributed by atoms with Gasteiger partial charge in [-0.3, -0.25) is 14.6 Å². The summed E-state index contributed by atoms with van der Waals surface area (Å²) < 4.78 is 10.9. The van der Waals surface area contributed by atoms with Crippen LogP contribution in [-0.2, 0) is 16.1 Å². The summed E-state index contributed by atoms with van der Waals surface area (Å²) >= 11 is 6.35. The lowest BCUT2D eigenvalue weighted by atomic mass is 10.2. The van der Waals surface area contributed by atoms with Crippen LogP contribution < -0.4 is 25.6 Å². The smallest absolute Gasteiger partial charge is 0.319 e. The Bertz CT molecular complexity index is 1270. The van der Waals surface area contributed by atoms with Gasteiger partial charge in [0.15, 0.2) is 0 Å². The van der Waals surface area contributed by atoms with E-state index < -0.39 is 6.03 Å². The monoisotopic (exact) mass is 509 g/mol. The Morgan fingerprint density at radius 1 is 1.11 bits per heavy atom. The fourth-order valence-corrected chi connectivity index (χ4v) is 3.75. The van der Waals surface area contributed by atoms with Crippen LogP contribution in [0.1, 0.15) is 16.1 Å². The predicted octanol–water partition coefficient (Wildman–Crippen LogP) is 3.57. The lowest BCUT2D eigenvalue weighted by Crippen LogP contribution is -2.41. The average Bonchev–Trinajstić information content (AvgIpc) is 2.89. The molecule has 4 rings (SSSR count). The summed E-state index contributed by atoms with van der Waals surface area (Å²) in [5.74, 6) is 0.597. The number of pyridine rings is 1. The Morgan fingerprint density at radius 2 is 1.92 bits per heavy atom. The Kier molecular flexibility index (Phi) is 7.99. The van der Waals surface area contributed by atoms with E-state index in [2.05, 4.69) is 20.9 Å². The van der Waals surface area contributed by atoms with Gasteiger partial charge in [0.1, 0.15) is 23.8 Å². The molecular weight excluding hydrogens is 486 g/mol. The van der Waals surface area contributed by atoms with E-state index in [0.29, 0.717) is 41.0 Å². The predicted molar refractivity (Wildman–Crippen MR) is 135 cm³/mol. The Morgan fingerprint density at radius 3 is 2.64 bits per heavy atom. The van der Waals surface area contributed by atoms with Crippen molar-refractivity contribution in [2.75, 3.05) is 37.0 Å². The molecule has 186 valence electrons. The van der Waals surface area contributed by atoms with Crippen molar-refractivity contribution in [2.45, 2.75) is 6.54 Å². The van der Waals surface area contributed by atoms with Gasteiger partial charge in [-0.2, -0.15) is 0 Å². The molecule has 0 aliphatic carbocycles. The summed E-state index contributed by atoms with van der Waals surface area (Å²) in [5, 5.41) is 8.39. The zero-order valence-corrected chi connectivity index (χ0v) is 20.2. The van der Waals surface area contributed by atoms with Gasteiger partial charge in [0.25, 0.3) is 11.8 Å². The van der Waals surface area contributed by atoms with Gasteiger partial charge in [0, 0.05) is 38.1 Å². The third-order valence-corrected chi connectivity index (χ3v) is 5.59. The van der Waals surface area contributed by atoms with E-state index in [4.69, 9.17) is 21.1 Å². The number of carbonyl (C=O) groups excluding carboxylic acids is 3. The van der Waals surface area contributed by atoms with E-state index in [1.807, 2.05) is 12.1 Å². The number of nitrogens with one attached hydrogen (secondary N) is 3. The molecule has 0 spiro atoms. The van der Waals surface area contributed by atoms with Gasteiger partial charge in [-0.25, -0.2) is 4.79 Å². The molecular formula is C25H24ClN5O5. The summed E-state index contributed by atoms with van der Waals surface area (Å²) in [6.45, 7) is 1.18. The molecule has 1 aliphatic rings. The number of halogens is 1. The van der Waals surface area contributed by atoms with Gasteiger partial charge >= 0.3 is 6.03 Å². The van der Waals surface area contributed by atoms with Crippen LogP contribution in [0.15, 0.2) is 60.8 Å². The van der Waals surface area contributed by atoms with Crippen molar-refractivity contribution in [1.82, 2.24) is 15.6 Å². The fourth-order valence-electron chi connectivity index (χ4n) is 3.47. The minimum absolute atomic E-state index is 0.0220. The zero-order valence-electron chi connectivity index (χ0n) is 19.4. The highest BCUT2D eigenvalue weighted by molar-refractivity contribution is 6.34. The van der Waals surface area contributed by atoms with Crippen LogP contribution in [0.4, 0.5) is 16.2 Å². The second-order valence-electron chi connectivity index (χ2n) is 7.77. The molecule has 2 heterocycles. The second-order valence-corrected chi connectivity index (χ2v) is 8.18. The molecule has 0 unspecified atom stereocenters. The van der Waals surface area contributed by atoms with Gasteiger partial charge in [-0.05, 0) is 42.0 Å².